The normalized spacial score (nSPS) is 13.9. The molecule has 0 aliphatic rings. The molecule has 0 aliphatic heterocycles. The number of rotatable bonds is 9. The van der Waals surface area contributed by atoms with Crippen LogP contribution < -0.4 is 5.32 Å². The van der Waals surface area contributed by atoms with E-state index < -0.39 is 0 Å². The maximum atomic E-state index is 11.0. The Hall–Kier alpha value is -1.42. The minimum Gasteiger partial charge on any atom is -0.307 e. The number of hydrogen-bond donors (Lipinski definition) is 1. The molecular weight excluding hydrogens is 264 g/mol. The number of unbranched alkanes of at least 4 members (excludes halogenated alkanes) is 1. The van der Waals surface area contributed by atoms with Crippen LogP contribution in [0.3, 0.4) is 0 Å². The molecule has 1 N–H and O–H groups in total. The van der Waals surface area contributed by atoms with E-state index in [-0.39, 0.29) is 16.7 Å². The number of aryl methyl sites for hydroxylation is 1. The van der Waals surface area contributed by atoms with Gasteiger partial charge in [-0.25, -0.2) is 0 Å². The minimum absolute atomic E-state index is 0.137. The SMILES string of the molecule is CCCCC(CCC)NC(C)c1ccc(C)c([N+](=O)[O-])c1. The first-order valence-corrected chi connectivity index (χ1v) is 8.00. The smallest absolute Gasteiger partial charge is 0.272 e. The summed E-state index contributed by atoms with van der Waals surface area (Å²) in [6.07, 6.45) is 5.90. The Bertz CT molecular complexity index is 460. The number of nitrogens with zero attached hydrogens (tertiary/aromatic N) is 1. The van der Waals surface area contributed by atoms with E-state index in [2.05, 4.69) is 26.1 Å². The van der Waals surface area contributed by atoms with Crippen molar-refractivity contribution in [1.82, 2.24) is 5.32 Å². The highest BCUT2D eigenvalue weighted by Crippen LogP contribution is 2.24. The molecule has 0 aliphatic carbocycles. The second-order valence-electron chi connectivity index (χ2n) is 5.82. The molecule has 1 aromatic rings. The van der Waals surface area contributed by atoms with Crippen molar-refractivity contribution < 1.29 is 4.92 Å². The summed E-state index contributed by atoms with van der Waals surface area (Å²) in [5.74, 6) is 0. The molecule has 0 saturated heterocycles. The van der Waals surface area contributed by atoms with Crippen molar-refractivity contribution in [2.24, 2.45) is 0 Å². The molecule has 4 heteroatoms. The molecule has 4 nitrogen and oxygen atoms in total. The predicted molar refractivity (Wildman–Crippen MR) is 87.6 cm³/mol. The zero-order valence-corrected chi connectivity index (χ0v) is 13.7. The van der Waals surface area contributed by atoms with E-state index in [1.807, 2.05) is 12.1 Å². The van der Waals surface area contributed by atoms with Crippen molar-refractivity contribution in [3.05, 3.63) is 39.4 Å². The van der Waals surface area contributed by atoms with Crippen LogP contribution in [0.4, 0.5) is 5.69 Å². The van der Waals surface area contributed by atoms with E-state index in [1.54, 1.807) is 13.0 Å². The summed E-state index contributed by atoms with van der Waals surface area (Å²) in [5.41, 5.74) is 1.92. The lowest BCUT2D eigenvalue weighted by Gasteiger charge is -2.23. The Morgan fingerprint density at radius 3 is 2.52 bits per heavy atom. The Labute approximate surface area is 128 Å². The number of nitro benzene ring substituents is 1. The summed E-state index contributed by atoms with van der Waals surface area (Å²) in [5, 5.41) is 14.7. The summed E-state index contributed by atoms with van der Waals surface area (Å²) in [4.78, 5) is 10.7. The molecule has 0 spiro atoms. The summed E-state index contributed by atoms with van der Waals surface area (Å²) in [7, 11) is 0. The summed E-state index contributed by atoms with van der Waals surface area (Å²) in [6, 6.07) is 6.16. The average Bonchev–Trinajstić information content (AvgIpc) is 2.45. The monoisotopic (exact) mass is 292 g/mol. The molecule has 0 radical (unpaired) electrons. The van der Waals surface area contributed by atoms with Gasteiger partial charge in [-0.05, 0) is 32.3 Å². The highest BCUT2D eigenvalue weighted by Gasteiger charge is 2.16. The lowest BCUT2D eigenvalue weighted by molar-refractivity contribution is -0.385. The molecule has 0 aromatic heterocycles. The van der Waals surface area contributed by atoms with Crippen LogP contribution in [0.1, 0.15) is 70.0 Å². The maximum Gasteiger partial charge on any atom is 0.272 e. The quantitative estimate of drug-likeness (QED) is 0.519. The maximum absolute atomic E-state index is 11.0. The van der Waals surface area contributed by atoms with Gasteiger partial charge in [0.25, 0.3) is 5.69 Å². The summed E-state index contributed by atoms with van der Waals surface area (Å²) in [6.45, 7) is 8.27. The zero-order chi connectivity index (χ0) is 15.8. The van der Waals surface area contributed by atoms with Gasteiger partial charge in [0.05, 0.1) is 4.92 Å². The first-order chi connectivity index (χ1) is 9.99. The van der Waals surface area contributed by atoms with Gasteiger partial charge in [-0.3, -0.25) is 10.1 Å². The van der Waals surface area contributed by atoms with Crippen LogP contribution in [0.15, 0.2) is 18.2 Å². The molecule has 0 amide bonds. The highest BCUT2D eigenvalue weighted by molar-refractivity contribution is 5.43. The molecular formula is C17H28N2O2. The summed E-state index contributed by atoms with van der Waals surface area (Å²) >= 11 is 0. The van der Waals surface area contributed by atoms with Crippen molar-refractivity contribution in [3.63, 3.8) is 0 Å². The van der Waals surface area contributed by atoms with Gasteiger partial charge < -0.3 is 5.32 Å². The van der Waals surface area contributed by atoms with E-state index in [0.717, 1.165) is 18.4 Å². The molecule has 0 fully saturated rings. The number of hydrogen-bond acceptors (Lipinski definition) is 3. The van der Waals surface area contributed by atoms with E-state index in [0.29, 0.717) is 11.6 Å². The van der Waals surface area contributed by atoms with E-state index in [9.17, 15) is 10.1 Å². The molecule has 1 aromatic carbocycles. The molecule has 1 rings (SSSR count). The third-order valence-electron chi connectivity index (χ3n) is 3.96. The fourth-order valence-electron chi connectivity index (χ4n) is 2.65. The Kier molecular flexibility index (Phi) is 7.37. The van der Waals surface area contributed by atoms with Gasteiger partial charge in [0, 0.05) is 23.7 Å². The van der Waals surface area contributed by atoms with E-state index in [1.165, 1.54) is 19.3 Å². The molecule has 0 saturated carbocycles. The lowest BCUT2D eigenvalue weighted by Crippen LogP contribution is -2.31. The van der Waals surface area contributed by atoms with Crippen LogP contribution in [0.25, 0.3) is 0 Å². The van der Waals surface area contributed by atoms with Gasteiger partial charge in [0.1, 0.15) is 0 Å². The van der Waals surface area contributed by atoms with Gasteiger partial charge in [0.2, 0.25) is 0 Å². The Balaban J connectivity index is 2.79. The minimum atomic E-state index is -0.299. The molecule has 2 atom stereocenters. The van der Waals surface area contributed by atoms with Crippen LogP contribution >= 0.6 is 0 Å². The average molecular weight is 292 g/mol. The molecule has 21 heavy (non-hydrogen) atoms. The second kappa shape index (κ2) is 8.78. The van der Waals surface area contributed by atoms with Gasteiger partial charge >= 0.3 is 0 Å². The first kappa shape index (κ1) is 17.6. The van der Waals surface area contributed by atoms with Crippen molar-refractivity contribution in [2.45, 2.75) is 71.9 Å². The molecule has 118 valence electrons. The number of benzene rings is 1. The predicted octanol–water partition coefficient (Wildman–Crippen LogP) is 4.91. The van der Waals surface area contributed by atoms with E-state index >= 15 is 0 Å². The Morgan fingerprint density at radius 1 is 1.24 bits per heavy atom. The second-order valence-corrected chi connectivity index (χ2v) is 5.82. The van der Waals surface area contributed by atoms with Crippen LogP contribution in [-0.4, -0.2) is 11.0 Å². The fraction of sp³-hybridized carbons (Fsp3) is 0.647. The molecule has 2 unspecified atom stereocenters. The highest BCUT2D eigenvalue weighted by atomic mass is 16.6. The van der Waals surface area contributed by atoms with Gasteiger partial charge in [-0.15, -0.1) is 0 Å². The van der Waals surface area contributed by atoms with Crippen LogP contribution in [0.5, 0.6) is 0 Å². The standard InChI is InChI=1S/C17H28N2O2/c1-5-7-9-16(8-6-2)18-14(4)15-11-10-13(3)17(12-15)19(20)21/h10-12,14,16,18H,5-9H2,1-4H3. The van der Waals surface area contributed by atoms with Crippen molar-refractivity contribution in [1.29, 1.82) is 0 Å². The van der Waals surface area contributed by atoms with Crippen molar-refractivity contribution in [3.8, 4) is 0 Å². The summed E-state index contributed by atoms with van der Waals surface area (Å²) < 4.78 is 0. The van der Waals surface area contributed by atoms with Crippen LogP contribution in [0, 0.1) is 17.0 Å². The van der Waals surface area contributed by atoms with Gasteiger partial charge in [-0.2, -0.15) is 0 Å². The third kappa shape index (κ3) is 5.46. The van der Waals surface area contributed by atoms with Gasteiger partial charge in [-0.1, -0.05) is 45.2 Å². The van der Waals surface area contributed by atoms with E-state index in [4.69, 9.17) is 0 Å². The zero-order valence-electron chi connectivity index (χ0n) is 13.7. The van der Waals surface area contributed by atoms with Crippen LogP contribution in [0.2, 0.25) is 0 Å². The molecule has 0 heterocycles. The number of nitrogens with one attached hydrogen (secondary N) is 1. The number of nitro groups is 1. The third-order valence-corrected chi connectivity index (χ3v) is 3.96. The van der Waals surface area contributed by atoms with Gasteiger partial charge in [0.15, 0.2) is 0 Å². The molecule has 0 bridgehead atoms. The van der Waals surface area contributed by atoms with Crippen molar-refractivity contribution in [2.75, 3.05) is 0 Å². The topological polar surface area (TPSA) is 55.2 Å². The largest absolute Gasteiger partial charge is 0.307 e. The van der Waals surface area contributed by atoms with Crippen LogP contribution in [-0.2, 0) is 0 Å². The van der Waals surface area contributed by atoms with Crippen molar-refractivity contribution >= 4 is 5.69 Å². The first-order valence-electron chi connectivity index (χ1n) is 8.00. The Morgan fingerprint density at radius 2 is 1.95 bits per heavy atom. The fourth-order valence-corrected chi connectivity index (χ4v) is 2.65. The lowest BCUT2D eigenvalue weighted by atomic mass is 10.0.